The van der Waals surface area contributed by atoms with Gasteiger partial charge in [0.05, 0.1) is 31.7 Å². The van der Waals surface area contributed by atoms with Gasteiger partial charge in [0.15, 0.2) is 17.3 Å². The van der Waals surface area contributed by atoms with E-state index in [4.69, 9.17) is 15.2 Å². The van der Waals surface area contributed by atoms with Crippen molar-refractivity contribution in [3.05, 3.63) is 54.4 Å². The van der Waals surface area contributed by atoms with E-state index < -0.39 is 5.91 Å². The largest absolute Gasteiger partial charge is 0.493 e. The minimum absolute atomic E-state index is 0.214. The molecule has 0 spiro atoms. The number of benzene rings is 1. The SMILES string of the molecule is COc1cc(-n2cnc(Nc3nc(C)nn4cccc34)c2)cc(C(N)=O)c1OC. The molecule has 148 valence electrons. The molecule has 1 amide bonds. The molecule has 0 atom stereocenters. The van der Waals surface area contributed by atoms with E-state index in [1.54, 1.807) is 33.7 Å². The first kappa shape index (κ1) is 18.3. The Morgan fingerprint density at radius 3 is 2.79 bits per heavy atom. The highest BCUT2D eigenvalue weighted by Crippen LogP contribution is 2.34. The van der Waals surface area contributed by atoms with Crippen LogP contribution in [0.15, 0.2) is 43.0 Å². The first-order chi connectivity index (χ1) is 14.0. The van der Waals surface area contributed by atoms with Crippen LogP contribution >= 0.6 is 0 Å². The fourth-order valence-corrected chi connectivity index (χ4v) is 3.07. The normalized spacial score (nSPS) is 10.9. The van der Waals surface area contributed by atoms with Crippen LogP contribution in [0.2, 0.25) is 0 Å². The molecule has 0 unspecified atom stereocenters. The number of amides is 1. The number of rotatable bonds is 6. The number of carbonyl (C=O) groups is 1. The Morgan fingerprint density at radius 1 is 1.24 bits per heavy atom. The molecule has 0 saturated heterocycles. The minimum Gasteiger partial charge on any atom is -0.493 e. The molecule has 4 aromatic rings. The summed E-state index contributed by atoms with van der Waals surface area (Å²) in [4.78, 5) is 20.7. The fourth-order valence-electron chi connectivity index (χ4n) is 3.07. The molecular formula is C19H19N7O3. The van der Waals surface area contributed by atoms with E-state index in [0.717, 1.165) is 5.52 Å². The second-order valence-corrected chi connectivity index (χ2v) is 6.23. The molecule has 0 aliphatic carbocycles. The van der Waals surface area contributed by atoms with Gasteiger partial charge in [-0.2, -0.15) is 5.10 Å². The average molecular weight is 393 g/mol. The number of ether oxygens (including phenoxy) is 2. The van der Waals surface area contributed by atoms with Crippen molar-refractivity contribution in [3.8, 4) is 17.2 Å². The summed E-state index contributed by atoms with van der Waals surface area (Å²) in [6.45, 7) is 1.82. The monoisotopic (exact) mass is 393 g/mol. The van der Waals surface area contributed by atoms with Gasteiger partial charge in [-0.25, -0.2) is 14.5 Å². The lowest BCUT2D eigenvalue weighted by molar-refractivity contribution is 0.0996. The number of aryl methyl sites for hydroxylation is 1. The molecule has 0 saturated carbocycles. The lowest BCUT2D eigenvalue weighted by Crippen LogP contribution is -2.14. The number of hydrogen-bond acceptors (Lipinski definition) is 7. The van der Waals surface area contributed by atoms with Crippen molar-refractivity contribution in [3.63, 3.8) is 0 Å². The first-order valence-electron chi connectivity index (χ1n) is 8.69. The maximum Gasteiger partial charge on any atom is 0.252 e. The number of nitrogens with zero attached hydrogens (tertiary/aromatic N) is 5. The number of nitrogens with two attached hydrogens (primary N) is 1. The molecule has 3 heterocycles. The lowest BCUT2D eigenvalue weighted by Gasteiger charge is -2.13. The van der Waals surface area contributed by atoms with Gasteiger partial charge in [0, 0.05) is 12.3 Å². The summed E-state index contributed by atoms with van der Waals surface area (Å²) in [5.74, 6) is 1.89. The predicted molar refractivity (Wildman–Crippen MR) is 106 cm³/mol. The second-order valence-electron chi connectivity index (χ2n) is 6.23. The van der Waals surface area contributed by atoms with Crippen LogP contribution in [0.25, 0.3) is 11.2 Å². The van der Waals surface area contributed by atoms with E-state index in [9.17, 15) is 4.79 Å². The molecular weight excluding hydrogens is 374 g/mol. The van der Waals surface area contributed by atoms with E-state index >= 15 is 0 Å². The van der Waals surface area contributed by atoms with Gasteiger partial charge in [-0.3, -0.25) is 4.79 Å². The molecule has 29 heavy (non-hydrogen) atoms. The quantitative estimate of drug-likeness (QED) is 0.514. The van der Waals surface area contributed by atoms with Crippen LogP contribution in [-0.2, 0) is 0 Å². The maximum atomic E-state index is 11.8. The number of carbonyl (C=O) groups excluding carboxylic acids is 1. The number of primary amides is 1. The van der Waals surface area contributed by atoms with Gasteiger partial charge in [0.1, 0.15) is 23.5 Å². The molecule has 10 heteroatoms. The summed E-state index contributed by atoms with van der Waals surface area (Å²) in [6.07, 6.45) is 5.23. The van der Waals surface area contributed by atoms with E-state index in [0.29, 0.717) is 28.9 Å². The molecule has 0 radical (unpaired) electrons. The van der Waals surface area contributed by atoms with Gasteiger partial charge in [-0.15, -0.1) is 0 Å². The smallest absolute Gasteiger partial charge is 0.252 e. The summed E-state index contributed by atoms with van der Waals surface area (Å²) in [5, 5.41) is 7.52. The number of aromatic nitrogens is 5. The summed E-state index contributed by atoms with van der Waals surface area (Å²) in [5.41, 5.74) is 7.18. The zero-order valence-corrected chi connectivity index (χ0v) is 16.1. The maximum absolute atomic E-state index is 11.8. The summed E-state index contributed by atoms with van der Waals surface area (Å²) in [6, 6.07) is 7.15. The second kappa shape index (κ2) is 7.15. The van der Waals surface area contributed by atoms with Gasteiger partial charge in [0.2, 0.25) is 0 Å². The third-order valence-corrected chi connectivity index (χ3v) is 4.35. The van der Waals surface area contributed by atoms with Gasteiger partial charge >= 0.3 is 0 Å². The van der Waals surface area contributed by atoms with Gasteiger partial charge < -0.3 is 25.1 Å². The molecule has 10 nitrogen and oxygen atoms in total. The standard InChI is InChI=1S/C19H19N7O3/c1-11-22-19(14-5-4-6-26(14)24-11)23-16-9-25(10-21-16)12-7-13(18(20)27)17(29-3)15(8-12)28-2/h4-10H,1-3H3,(H2,20,27)(H,22,23,24). The Morgan fingerprint density at radius 2 is 2.07 bits per heavy atom. The van der Waals surface area contributed by atoms with E-state index in [2.05, 4.69) is 20.4 Å². The van der Waals surface area contributed by atoms with E-state index in [1.807, 2.05) is 25.3 Å². The number of fused-ring (bicyclic) bond motifs is 1. The molecule has 3 aromatic heterocycles. The summed E-state index contributed by atoms with van der Waals surface area (Å²) >= 11 is 0. The van der Waals surface area contributed by atoms with Crippen LogP contribution in [0.4, 0.5) is 11.6 Å². The Labute approximate surface area is 165 Å². The molecule has 0 fully saturated rings. The van der Waals surface area contributed by atoms with E-state index in [1.165, 1.54) is 14.2 Å². The number of hydrogen-bond donors (Lipinski definition) is 2. The fraction of sp³-hybridized carbons (Fsp3) is 0.158. The van der Waals surface area contributed by atoms with Crippen molar-refractivity contribution < 1.29 is 14.3 Å². The Hall–Kier alpha value is -4.08. The van der Waals surface area contributed by atoms with Crippen LogP contribution in [0.5, 0.6) is 11.5 Å². The van der Waals surface area contributed by atoms with Crippen LogP contribution < -0.4 is 20.5 Å². The molecule has 0 aliphatic rings. The molecule has 3 N–H and O–H groups in total. The Balaban J connectivity index is 1.71. The summed E-state index contributed by atoms with van der Waals surface area (Å²) in [7, 11) is 2.95. The van der Waals surface area contributed by atoms with Crippen molar-refractivity contribution in [1.29, 1.82) is 0 Å². The first-order valence-corrected chi connectivity index (χ1v) is 8.69. The number of nitrogens with one attached hydrogen (secondary N) is 1. The third kappa shape index (κ3) is 3.31. The number of methoxy groups -OCH3 is 2. The highest BCUT2D eigenvalue weighted by atomic mass is 16.5. The van der Waals surface area contributed by atoms with Crippen molar-refractivity contribution in [2.75, 3.05) is 19.5 Å². The highest BCUT2D eigenvalue weighted by Gasteiger charge is 2.17. The van der Waals surface area contributed by atoms with E-state index in [-0.39, 0.29) is 11.3 Å². The van der Waals surface area contributed by atoms with Crippen molar-refractivity contribution in [1.82, 2.24) is 24.1 Å². The topological polar surface area (TPSA) is 122 Å². The van der Waals surface area contributed by atoms with Gasteiger partial charge in [0.25, 0.3) is 5.91 Å². The van der Waals surface area contributed by atoms with Gasteiger partial charge in [-0.05, 0) is 25.1 Å². The van der Waals surface area contributed by atoms with Crippen LogP contribution in [0.1, 0.15) is 16.2 Å². The van der Waals surface area contributed by atoms with Crippen LogP contribution in [0.3, 0.4) is 0 Å². The molecule has 0 aliphatic heterocycles. The third-order valence-electron chi connectivity index (χ3n) is 4.35. The van der Waals surface area contributed by atoms with Gasteiger partial charge in [-0.1, -0.05) is 0 Å². The average Bonchev–Trinajstić information content (AvgIpc) is 3.36. The highest BCUT2D eigenvalue weighted by molar-refractivity contribution is 5.97. The zero-order chi connectivity index (χ0) is 20.5. The van der Waals surface area contributed by atoms with Crippen molar-refractivity contribution in [2.45, 2.75) is 6.92 Å². The zero-order valence-electron chi connectivity index (χ0n) is 16.1. The predicted octanol–water partition coefficient (Wildman–Crippen LogP) is 2.08. The Bertz CT molecular complexity index is 1210. The minimum atomic E-state index is -0.618. The van der Waals surface area contributed by atoms with Crippen LogP contribution in [-0.4, -0.2) is 44.3 Å². The van der Waals surface area contributed by atoms with Crippen molar-refractivity contribution >= 4 is 23.1 Å². The number of imidazole rings is 1. The molecule has 1 aromatic carbocycles. The summed E-state index contributed by atoms with van der Waals surface area (Å²) < 4.78 is 14.1. The Kier molecular flexibility index (Phi) is 4.51. The van der Waals surface area contributed by atoms with Crippen molar-refractivity contribution in [2.24, 2.45) is 5.73 Å². The molecule has 0 bridgehead atoms. The molecule has 4 rings (SSSR count). The lowest BCUT2D eigenvalue weighted by atomic mass is 10.1. The van der Waals surface area contributed by atoms with Crippen LogP contribution in [0, 0.1) is 6.92 Å². The number of anilines is 2.